The van der Waals surface area contributed by atoms with E-state index < -0.39 is 0 Å². The minimum absolute atomic E-state index is 0.0827. The summed E-state index contributed by atoms with van der Waals surface area (Å²) in [5.41, 5.74) is 3.83. The van der Waals surface area contributed by atoms with Crippen LogP contribution in [0.1, 0.15) is 22.8 Å². The summed E-state index contributed by atoms with van der Waals surface area (Å²) in [6.07, 6.45) is 8.18. The molecule has 0 amide bonds. The van der Waals surface area contributed by atoms with E-state index in [2.05, 4.69) is 44.2 Å². The van der Waals surface area contributed by atoms with Crippen molar-refractivity contribution in [1.82, 2.24) is 19.9 Å². The third-order valence-corrected chi connectivity index (χ3v) is 6.16. The molecule has 5 heterocycles. The summed E-state index contributed by atoms with van der Waals surface area (Å²) in [7, 11) is 0. The van der Waals surface area contributed by atoms with E-state index in [0.29, 0.717) is 10.8 Å². The number of hydrogen-bond acceptors (Lipinski definition) is 2. The van der Waals surface area contributed by atoms with E-state index in [1.54, 1.807) is 0 Å². The molecular weight excluding hydrogens is 400 g/mol. The number of fused-ring (bicyclic) bond motifs is 10. The molecule has 0 spiro atoms. The van der Waals surface area contributed by atoms with E-state index in [9.17, 15) is 10.2 Å². The number of aromatic hydroxyl groups is 2. The fraction of sp³-hybridized carbons (Fsp3) is 0. The number of hydrogen-bond donors (Lipinski definition) is 6. The summed E-state index contributed by atoms with van der Waals surface area (Å²) in [6, 6.07) is 15.9. The Labute approximate surface area is 180 Å². The topological polar surface area (TPSA) is 104 Å². The van der Waals surface area contributed by atoms with Gasteiger partial charge < -0.3 is 30.1 Å². The van der Waals surface area contributed by atoms with Crippen LogP contribution in [0.3, 0.4) is 0 Å². The number of aromatic nitrogens is 4. The number of phenols is 4. The lowest BCUT2D eigenvalue weighted by Gasteiger charge is -2.08. The molecule has 0 saturated heterocycles. The lowest BCUT2D eigenvalue weighted by molar-refractivity contribution is 0.412. The number of rotatable bonds is 0. The molecule has 8 rings (SSSR count). The summed E-state index contributed by atoms with van der Waals surface area (Å²) >= 11 is 0. The summed E-state index contributed by atoms with van der Waals surface area (Å²) < 4.78 is 0. The first-order valence-electron chi connectivity index (χ1n) is 10.4. The Morgan fingerprint density at radius 2 is 0.875 bits per heavy atom. The fourth-order valence-electron chi connectivity index (χ4n) is 4.74. The lowest BCUT2D eigenvalue weighted by atomic mass is 9.99. The number of phenolic OH excluding ortho intramolecular Hbond substituents is 2. The van der Waals surface area contributed by atoms with E-state index in [1.165, 1.54) is 0 Å². The Kier molecular flexibility index (Phi) is 3.20. The van der Waals surface area contributed by atoms with Crippen LogP contribution in [0.5, 0.6) is 11.5 Å². The Morgan fingerprint density at radius 1 is 0.438 bits per heavy atom. The van der Waals surface area contributed by atoms with E-state index in [0.717, 1.165) is 54.9 Å². The van der Waals surface area contributed by atoms with E-state index >= 15 is 0 Å². The first-order chi connectivity index (χ1) is 15.6. The van der Waals surface area contributed by atoms with Crippen LogP contribution in [0.4, 0.5) is 0 Å². The van der Waals surface area contributed by atoms with Crippen LogP contribution in [0.25, 0.3) is 45.8 Å². The Morgan fingerprint density at radius 3 is 1.34 bits per heavy atom. The van der Waals surface area contributed by atoms with Crippen LogP contribution in [0, 0.1) is 0 Å². The lowest BCUT2D eigenvalue weighted by Crippen LogP contribution is -2.11. The van der Waals surface area contributed by atoms with Gasteiger partial charge in [-0.25, -0.2) is 0 Å². The van der Waals surface area contributed by atoms with Gasteiger partial charge in [-0.3, -0.25) is 0 Å². The molecule has 10 bridgehead atoms. The minimum atomic E-state index is -0.0827. The molecule has 1 aliphatic heterocycles. The second-order valence-electron chi connectivity index (χ2n) is 8.24. The van der Waals surface area contributed by atoms with Gasteiger partial charge in [0.1, 0.15) is 0 Å². The van der Waals surface area contributed by atoms with Gasteiger partial charge in [0.25, 0.3) is 0 Å². The highest BCUT2D eigenvalue weighted by Gasteiger charge is 2.18. The molecule has 1 aliphatic rings. The normalized spacial score (nSPS) is 13.0. The highest BCUT2D eigenvalue weighted by Crippen LogP contribution is 2.41. The van der Waals surface area contributed by atoms with E-state index in [-0.39, 0.29) is 11.5 Å². The quantitative estimate of drug-likeness (QED) is 0.212. The molecule has 6 heteroatoms. The molecular formula is C26H18N4O2. The monoisotopic (exact) mass is 418 g/mol. The SMILES string of the molecule is Oc1c(O)c2ccc1c1c3[nH]c(c21)=Cc1ccc([nH]1)C=c1ccc([nH]1)=Cc1ccc([nH]1)C=3. The van der Waals surface area contributed by atoms with Gasteiger partial charge in [0.05, 0.1) is 0 Å². The highest BCUT2D eigenvalue weighted by molar-refractivity contribution is 6.16. The highest BCUT2D eigenvalue weighted by atomic mass is 16.3. The molecule has 4 aromatic heterocycles. The second-order valence-corrected chi connectivity index (χ2v) is 8.24. The Bertz CT molecular complexity index is 1770. The molecule has 7 aromatic rings. The number of nitrogens with one attached hydrogen (secondary N) is 4. The molecule has 3 aromatic carbocycles. The summed E-state index contributed by atoms with van der Waals surface area (Å²) in [4.78, 5) is 13.8. The number of H-pyrrole nitrogens is 4. The third-order valence-electron chi connectivity index (χ3n) is 6.16. The average Bonchev–Trinajstić information content (AvgIpc) is 3.56. The van der Waals surface area contributed by atoms with Crippen molar-refractivity contribution in [2.75, 3.05) is 0 Å². The summed E-state index contributed by atoms with van der Waals surface area (Å²) in [5.74, 6) is -0.165. The van der Waals surface area contributed by atoms with Crippen LogP contribution < -0.4 is 21.4 Å². The van der Waals surface area contributed by atoms with Crippen molar-refractivity contribution in [3.05, 3.63) is 92.7 Å². The molecule has 154 valence electrons. The number of aromatic amines is 4. The molecule has 0 aliphatic carbocycles. The van der Waals surface area contributed by atoms with Crippen LogP contribution in [0.2, 0.25) is 0 Å². The maximum absolute atomic E-state index is 10.5. The molecule has 32 heavy (non-hydrogen) atoms. The van der Waals surface area contributed by atoms with Gasteiger partial charge in [-0.15, -0.1) is 0 Å². The molecule has 0 fully saturated rings. The molecule has 6 N–H and O–H groups in total. The zero-order valence-corrected chi connectivity index (χ0v) is 16.8. The molecule has 0 saturated carbocycles. The smallest absolute Gasteiger partial charge is 0.166 e. The van der Waals surface area contributed by atoms with Crippen LogP contribution in [-0.2, 0) is 0 Å². The molecule has 0 radical (unpaired) electrons. The van der Waals surface area contributed by atoms with Gasteiger partial charge >= 0.3 is 0 Å². The van der Waals surface area contributed by atoms with Crippen molar-refractivity contribution < 1.29 is 10.2 Å². The van der Waals surface area contributed by atoms with Gasteiger partial charge in [0, 0.05) is 65.7 Å². The Hall–Kier alpha value is -4.58. The van der Waals surface area contributed by atoms with Gasteiger partial charge in [-0.05, 0) is 72.8 Å². The van der Waals surface area contributed by atoms with Crippen molar-refractivity contribution in [2.24, 2.45) is 0 Å². The first kappa shape index (κ1) is 17.1. The van der Waals surface area contributed by atoms with Gasteiger partial charge in [0.15, 0.2) is 11.5 Å². The van der Waals surface area contributed by atoms with Gasteiger partial charge in [-0.1, -0.05) is 0 Å². The largest absolute Gasteiger partial charge is 0.504 e. The van der Waals surface area contributed by atoms with Gasteiger partial charge in [-0.2, -0.15) is 0 Å². The predicted molar refractivity (Wildman–Crippen MR) is 125 cm³/mol. The minimum Gasteiger partial charge on any atom is -0.504 e. The van der Waals surface area contributed by atoms with Gasteiger partial charge in [0.2, 0.25) is 0 Å². The van der Waals surface area contributed by atoms with Crippen molar-refractivity contribution in [1.29, 1.82) is 0 Å². The van der Waals surface area contributed by atoms with Crippen LogP contribution in [-0.4, -0.2) is 30.1 Å². The maximum Gasteiger partial charge on any atom is 0.166 e. The Balaban J connectivity index is 1.65. The maximum atomic E-state index is 10.5. The second kappa shape index (κ2) is 5.98. The van der Waals surface area contributed by atoms with Crippen molar-refractivity contribution in [2.45, 2.75) is 0 Å². The molecule has 6 nitrogen and oxygen atoms in total. The fourth-order valence-corrected chi connectivity index (χ4v) is 4.74. The van der Waals surface area contributed by atoms with Crippen molar-refractivity contribution in [3.63, 3.8) is 0 Å². The molecule has 0 unspecified atom stereocenters. The average molecular weight is 418 g/mol. The van der Waals surface area contributed by atoms with E-state index in [1.807, 2.05) is 48.6 Å². The standard InChI is InChI=1S/C26H18N4O2/c31-25-19-7-8-20(26(25)32)24-22-12-18-6-4-16(29-18)10-14-2-1-13(27-14)9-15-3-5-17(28-15)11-21(30-22)23(19)24/h1-12,27-32H. The van der Waals surface area contributed by atoms with Crippen LogP contribution in [0.15, 0.2) is 48.5 Å². The zero-order chi connectivity index (χ0) is 21.4. The van der Waals surface area contributed by atoms with Crippen molar-refractivity contribution >= 4 is 45.8 Å². The van der Waals surface area contributed by atoms with E-state index in [4.69, 9.17) is 0 Å². The van der Waals surface area contributed by atoms with Crippen LogP contribution >= 0.6 is 0 Å². The first-order valence-corrected chi connectivity index (χ1v) is 10.4. The summed E-state index contributed by atoms with van der Waals surface area (Å²) in [5, 5.41) is 27.8. The number of benzene rings is 3. The molecule has 0 atom stereocenters. The third kappa shape index (κ3) is 2.40. The predicted octanol–water partition coefficient (Wildman–Crippen LogP) is 1.78. The van der Waals surface area contributed by atoms with Crippen molar-refractivity contribution in [3.8, 4) is 11.5 Å². The summed E-state index contributed by atoms with van der Waals surface area (Å²) in [6.45, 7) is 0. The zero-order valence-electron chi connectivity index (χ0n) is 16.8.